The average molecular weight is 282 g/mol. The lowest BCUT2D eigenvalue weighted by Crippen LogP contribution is -2.33. The maximum absolute atomic E-state index is 12.6. The van der Waals surface area contributed by atoms with Gasteiger partial charge in [0.1, 0.15) is 6.61 Å². The summed E-state index contributed by atoms with van der Waals surface area (Å²) in [5, 5.41) is 0. The topological polar surface area (TPSA) is 9.23 Å². The van der Waals surface area contributed by atoms with Crippen LogP contribution in [0.2, 0.25) is 0 Å². The molecule has 0 aromatic heterocycles. The van der Waals surface area contributed by atoms with Crippen molar-refractivity contribution in [2.75, 3.05) is 19.0 Å². The Morgan fingerprint density at radius 2 is 1.78 bits per heavy atom. The van der Waals surface area contributed by atoms with Gasteiger partial charge >= 0.3 is 12.3 Å². The van der Waals surface area contributed by atoms with E-state index in [1.165, 1.54) is 0 Å². The smallest absolute Gasteiger partial charge is 0.330 e. The highest BCUT2D eigenvalue weighted by molar-refractivity contribution is 7.80. The van der Waals surface area contributed by atoms with Crippen molar-refractivity contribution in [2.24, 2.45) is 0 Å². The second-order valence-corrected chi connectivity index (χ2v) is 4.23. The summed E-state index contributed by atoms with van der Waals surface area (Å²) < 4.78 is 53.7. The largest absolute Gasteiger partial charge is 0.374 e. The van der Waals surface area contributed by atoms with Gasteiger partial charge < -0.3 is 4.74 Å². The highest BCUT2D eigenvalue weighted by Gasteiger charge is 2.41. The van der Waals surface area contributed by atoms with Gasteiger partial charge in [-0.25, -0.2) is 8.78 Å². The molecule has 0 amide bonds. The van der Waals surface area contributed by atoms with Crippen molar-refractivity contribution in [2.45, 2.75) is 18.3 Å². The zero-order chi connectivity index (χ0) is 13.6. The maximum Gasteiger partial charge on any atom is 0.330 e. The zero-order valence-electron chi connectivity index (χ0n) is 9.53. The van der Waals surface area contributed by atoms with Crippen LogP contribution in [0.3, 0.4) is 0 Å². The summed E-state index contributed by atoms with van der Waals surface area (Å²) in [7, 11) is 0. The Labute approximate surface area is 109 Å². The summed E-state index contributed by atoms with van der Waals surface area (Å²) in [4.78, 5) is 0. The van der Waals surface area contributed by atoms with Crippen molar-refractivity contribution >= 4 is 12.6 Å². The standard InChI is InChI=1S/C12H14F4OS/c13-11(14)12(15,16)8-17-6-10(7-18)9-4-2-1-3-5-9/h1-5,10-11,18H,6-8H2. The first kappa shape index (κ1) is 15.3. The monoisotopic (exact) mass is 282 g/mol. The summed E-state index contributed by atoms with van der Waals surface area (Å²) in [5.74, 6) is -3.90. The van der Waals surface area contributed by atoms with Gasteiger partial charge in [0, 0.05) is 5.92 Å². The Morgan fingerprint density at radius 1 is 1.17 bits per heavy atom. The van der Waals surface area contributed by atoms with Crippen molar-refractivity contribution in [3.05, 3.63) is 35.9 Å². The van der Waals surface area contributed by atoms with E-state index in [0.717, 1.165) is 5.56 Å². The van der Waals surface area contributed by atoms with Crippen LogP contribution in [0.4, 0.5) is 17.6 Å². The molecule has 0 heterocycles. The van der Waals surface area contributed by atoms with Crippen LogP contribution < -0.4 is 0 Å². The van der Waals surface area contributed by atoms with Crippen LogP contribution >= 0.6 is 12.6 Å². The van der Waals surface area contributed by atoms with E-state index in [-0.39, 0.29) is 12.5 Å². The molecule has 0 aliphatic carbocycles. The number of halogens is 4. The fraction of sp³-hybridized carbons (Fsp3) is 0.500. The normalized spacial score (nSPS) is 13.9. The number of alkyl halides is 4. The molecule has 1 atom stereocenters. The Morgan fingerprint density at radius 3 is 2.28 bits per heavy atom. The SMILES string of the molecule is FC(F)C(F)(F)COCC(CS)c1ccccc1. The minimum absolute atomic E-state index is 0.0597. The number of rotatable bonds is 7. The van der Waals surface area contributed by atoms with E-state index in [2.05, 4.69) is 17.4 Å². The summed E-state index contributed by atoms with van der Waals surface area (Å²) >= 11 is 4.10. The van der Waals surface area contributed by atoms with Crippen molar-refractivity contribution in [3.8, 4) is 0 Å². The Bertz CT molecular complexity index is 345. The van der Waals surface area contributed by atoms with Crippen LogP contribution in [-0.4, -0.2) is 31.3 Å². The zero-order valence-corrected chi connectivity index (χ0v) is 10.4. The number of benzene rings is 1. The van der Waals surface area contributed by atoms with Gasteiger partial charge in [0.25, 0.3) is 0 Å². The third kappa shape index (κ3) is 4.49. The van der Waals surface area contributed by atoms with E-state index >= 15 is 0 Å². The summed E-state index contributed by atoms with van der Waals surface area (Å²) in [6.07, 6.45) is -3.70. The molecule has 1 unspecified atom stereocenters. The molecule has 1 rings (SSSR count). The Hall–Kier alpha value is -0.750. The first-order valence-electron chi connectivity index (χ1n) is 5.37. The minimum atomic E-state index is -4.10. The van der Waals surface area contributed by atoms with E-state index in [4.69, 9.17) is 0 Å². The second kappa shape index (κ2) is 6.99. The average Bonchev–Trinajstić information content (AvgIpc) is 2.35. The number of thiol groups is 1. The van der Waals surface area contributed by atoms with Crippen LogP contribution in [-0.2, 0) is 4.74 Å². The van der Waals surface area contributed by atoms with Crippen molar-refractivity contribution in [3.63, 3.8) is 0 Å². The summed E-state index contributed by atoms with van der Waals surface area (Å²) in [6.45, 7) is -1.34. The molecule has 1 aromatic carbocycles. The summed E-state index contributed by atoms with van der Waals surface area (Å²) in [6, 6.07) is 9.06. The predicted molar refractivity (Wildman–Crippen MR) is 64.8 cm³/mol. The molecule has 1 nitrogen and oxygen atoms in total. The van der Waals surface area contributed by atoms with E-state index < -0.39 is 19.0 Å². The number of ether oxygens (including phenoxy) is 1. The van der Waals surface area contributed by atoms with Gasteiger partial charge in [-0.2, -0.15) is 21.4 Å². The summed E-state index contributed by atoms with van der Waals surface area (Å²) in [5.41, 5.74) is 0.882. The molecule has 0 bridgehead atoms. The van der Waals surface area contributed by atoms with E-state index in [1.54, 1.807) is 12.1 Å². The highest BCUT2D eigenvalue weighted by atomic mass is 32.1. The first-order valence-corrected chi connectivity index (χ1v) is 6.00. The van der Waals surface area contributed by atoms with Crippen molar-refractivity contribution in [1.29, 1.82) is 0 Å². The Balaban J connectivity index is 2.47. The molecular weight excluding hydrogens is 268 g/mol. The van der Waals surface area contributed by atoms with Gasteiger partial charge in [-0.15, -0.1) is 0 Å². The first-order chi connectivity index (χ1) is 8.47. The van der Waals surface area contributed by atoms with E-state index in [0.29, 0.717) is 5.75 Å². The maximum atomic E-state index is 12.6. The Kier molecular flexibility index (Phi) is 5.95. The molecule has 0 radical (unpaired) electrons. The van der Waals surface area contributed by atoms with Gasteiger partial charge in [0.05, 0.1) is 6.61 Å². The van der Waals surface area contributed by atoms with Crippen molar-refractivity contribution in [1.82, 2.24) is 0 Å². The van der Waals surface area contributed by atoms with Crippen LogP contribution in [0.25, 0.3) is 0 Å². The molecule has 0 aliphatic heterocycles. The molecule has 6 heteroatoms. The van der Waals surface area contributed by atoms with Crippen LogP contribution in [0.15, 0.2) is 30.3 Å². The molecule has 0 N–H and O–H groups in total. The van der Waals surface area contributed by atoms with E-state index in [9.17, 15) is 17.6 Å². The molecule has 1 aromatic rings. The van der Waals surface area contributed by atoms with Gasteiger partial charge in [-0.3, -0.25) is 0 Å². The van der Waals surface area contributed by atoms with Crippen molar-refractivity contribution < 1.29 is 22.3 Å². The molecule has 0 saturated heterocycles. The molecule has 18 heavy (non-hydrogen) atoms. The number of hydrogen-bond donors (Lipinski definition) is 1. The number of hydrogen-bond acceptors (Lipinski definition) is 2. The van der Waals surface area contributed by atoms with Gasteiger partial charge in [0.2, 0.25) is 0 Å². The molecule has 0 aliphatic rings. The second-order valence-electron chi connectivity index (χ2n) is 3.87. The lowest BCUT2D eigenvalue weighted by molar-refractivity contribution is -0.166. The van der Waals surface area contributed by atoms with Gasteiger partial charge in [-0.05, 0) is 11.3 Å². The lowest BCUT2D eigenvalue weighted by atomic mass is 10.0. The molecule has 102 valence electrons. The quantitative estimate of drug-likeness (QED) is 0.593. The van der Waals surface area contributed by atoms with Gasteiger partial charge in [0.15, 0.2) is 0 Å². The van der Waals surface area contributed by atoms with Gasteiger partial charge in [-0.1, -0.05) is 30.3 Å². The van der Waals surface area contributed by atoms with Crippen LogP contribution in [0.1, 0.15) is 11.5 Å². The fourth-order valence-corrected chi connectivity index (χ4v) is 1.70. The molecule has 0 saturated carbocycles. The van der Waals surface area contributed by atoms with E-state index in [1.807, 2.05) is 18.2 Å². The molecule has 0 spiro atoms. The molecular formula is C12H14F4OS. The van der Waals surface area contributed by atoms with Crippen LogP contribution in [0, 0.1) is 0 Å². The van der Waals surface area contributed by atoms with Crippen LogP contribution in [0.5, 0.6) is 0 Å². The minimum Gasteiger partial charge on any atom is -0.374 e. The molecule has 0 fully saturated rings. The highest BCUT2D eigenvalue weighted by Crippen LogP contribution is 2.24. The third-order valence-electron chi connectivity index (χ3n) is 2.42. The predicted octanol–water partition coefficient (Wildman–Crippen LogP) is 3.62. The fourth-order valence-electron chi connectivity index (χ4n) is 1.38. The third-order valence-corrected chi connectivity index (χ3v) is 2.86. The lowest BCUT2D eigenvalue weighted by Gasteiger charge is -2.19.